The molecule has 2 rings (SSSR count). The van der Waals surface area contributed by atoms with Crippen LogP contribution in [0.1, 0.15) is 28.3 Å². The molecule has 2 N–H and O–H groups in total. The van der Waals surface area contributed by atoms with Gasteiger partial charge < -0.3 is 10.4 Å². The molecule has 2 heterocycles. The molecule has 0 radical (unpaired) electrons. The first kappa shape index (κ1) is 13.9. The number of anilines is 1. The topological polar surface area (TPSA) is 105 Å². The maximum absolute atomic E-state index is 11.0. The van der Waals surface area contributed by atoms with Crippen LogP contribution in [0.3, 0.4) is 0 Å². The molecule has 0 aliphatic heterocycles. The molecule has 0 amide bonds. The van der Waals surface area contributed by atoms with E-state index in [4.69, 9.17) is 5.11 Å². The number of rotatable bonds is 5. The minimum atomic E-state index is -1.23. The maximum Gasteiger partial charge on any atom is 0.354 e. The lowest BCUT2D eigenvalue weighted by Gasteiger charge is -2.13. The zero-order valence-corrected chi connectivity index (χ0v) is 11.3. The van der Waals surface area contributed by atoms with Crippen molar-refractivity contribution in [3.63, 3.8) is 0 Å². The van der Waals surface area contributed by atoms with Crippen molar-refractivity contribution < 1.29 is 14.8 Å². The molecule has 7 nitrogen and oxygen atoms in total. The number of carbonyl (C=O) groups is 1. The second-order valence-corrected chi connectivity index (χ2v) is 4.99. The Balaban J connectivity index is 2.35. The Kier molecular flexibility index (Phi) is 3.94. The first-order valence-corrected chi connectivity index (χ1v) is 6.55. The van der Waals surface area contributed by atoms with E-state index in [9.17, 15) is 14.9 Å². The number of aromatic nitrogens is 1. The Hall–Kier alpha value is -2.48. The molecule has 0 saturated carbocycles. The second-order valence-electron chi connectivity index (χ2n) is 4.01. The maximum atomic E-state index is 11.0. The van der Waals surface area contributed by atoms with Crippen LogP contribution < -0.4 is 5.32 Å². The predicted octanol–water partition coefficient (Wildman–Crippen LogP) is 2.92. The van der Waals surface area contributed by atoms with Gasteiger partial charge in [-0.05, 0) is 24.4 Å². The number of nitrogens with zero attached hydrogens (tertiary/aromatic N) is 2. The molecule has 0 bridgehead atoms. The van der Waals surface area contributed by atoms with Gasteiger partial charge in [0.2, 0.25) is 5.82 Å². The number of carboxylic acid groups (broad SMARTS) is 1. The van der Waals surface area contributed by atoms with Gasteiger partial charge in [-0.3, -0.25) is 10.1 Å². The summed E-state index contributed by atoms with van der Waals surface area (Å²) < 4.78 is 0. The molecular formula is C12H11N3O4S. The zero-order valence-electron chi connectivity index (χ0n) is 10.4. The summed E-state index contributed by atoms with van der Waals surface area (Å²) in [6, 6.07) is 5.80. The van der Waals surface area contributed by atoms with E-state index in [2.05, 4.69) is 10.3 Å². The zero-order chi connectivity index (χ0) is 14.7. The number of pyridine rings is 1. The monoisotopic (exact) mass is 293 g/mol. The van der Waals surface area contributed by atoms with E-state index in [0.717, 1.165) is 17.0 Å². The molecule has 0 saturated heterocycles. The first-order valence-electron chi connectivity index (χ1n) is 5.67. The lowest BCUT2D eigenvalue weighted by atomic mass is 10.2. The van der Waals surface area contributed by atoms with Gasteiger partial charge in [0.1, 0.15) is 0 Å². The van der Waals surface area contributed by atoms with Gasteiger partial charge in [-0.1, -0.05) is 6.07 Å². The van der Waals surface area contributed by atoms with Crippen molar-refractivity contribution >= 4 is 28.8 Å². The summed E-state index contributed by atoms with van der Waals surface area (Å²) in [6.07, 6.45) is 0. The molecule has 2 aromatic rings. The number of hydrogen-bond acceptors (Lipinski definition) is 6. The minimum Gasteiger partial charge on any atom is -0.477 e. The standard InChI is InChI=1S/C12H11N3O4S/c1-7(10-3-2-6-20-10)13-11-9(15(18)19)5-4-8(14-11)12(16)17/h2-7H,1H3,(H,13,14)(H,16,17). The second kappa shape index (κ2) is 5.66. The van der Waals surface area contributed by atoms with E-state index in [1.807, 2.05) is 24.4 Å². The fourth-order valence-corrected chi connectivity index (χ4v) is 2.37. The van der Waals surface area contributed by atoms with Crippen molar-refractivity contribution in [1.29, 1.82) is 0 Å². The van der Waals surface area contributed by atoms with Crippen LogP contribution in [0.5, 0.6) is 0 Å². The van der Waals surface area contributed by atoms with Gasteiger partial charge in [-0.15, -0.1) is 11.3 Å². The number of nitrogens with one attached hydrogen (secondary N) is 1. The molecule has 0 fully saturated rings. The molecule has 2 aromatic heterocycles. The average Bonchev–Trinajstić information content (AvgIpc) is 2.92. The Morgan fingerprint density at radius 1 is 1.50 bits per heavy atom. The van der Waals surface area contributed by atoms with Crippen LogP contribution in [-0.2, 0) is 0 Å². The van der Waals surface area contributed by atoms with E-state index in [0.29, 0.717) is 0 Å². The SMILES string of the molecule is CC(Nc1nc(C(=O)O)ccc1[N+](=O)[O-])c1cccs1. The molecule has 0 aromatic carbocycles. The van der Waals surface area contributed by atoms with Crippen LogP contribution in [0.2, 0.25) is 0 Å². The molecule has 0 aliphatic rings. The van der Waals surface area contributed by atoms with Crippen LogP contribution >= 0.6 is 11.3 Å². The number of aromatic carboxylic acids is 1. The number of hydrogen-bond donors (Lipinski definition) is 2. The number of carboxylic acids is 1. The highest BCUT2D eigenvalue weighted by Crippen LogP contribution is 2.28. The van der Waals surface area contributed by atoms with Gasteiger partial charge in [0.05, 0.1) is 11.0 Å². The molecule has 0 aliphatic carbocycles. The van der Waals surface area contributed by atoms with Crippen LogP contribution in [0.25, 0.3) is 0 Å². The van der Waals surface area contributed by atoms with Gasteiger partial charge in [0, 0.05) is 10.9 Å². The molecule has 0 spiro atoms. The summed E-state index contributed by atoms with van der Waals surface area (Å²) in [7, 11) is 0. The Bertz CT molecular complexity index is 642. The van der Waals surface area contributed by atoms with Crippen LogP contribution in [0, 0.1) is 10.1 Å². The van der Waals surface area contributed by atoms with E-state index in [1.54, 1.807) is 0 Å². The molecule has 8 heteroatoms. The summed E-state index contributed by atoms with van der Waals surface area (Å²) in [6.45, 7) is 1.82. The van der Waals surface area contributed by atoms with Crippen molar-refractivity contribution in [2.24, 2.45) is 0 Å². The largest absolute Gasteiger partial charge is 0.477 e. The number of nitro groups is 1. The van der Waals surface area contributed by atoms with Gasteiger partial charge in [-0.25, -0.2) is 9.78 Å². The van der Waals surface area contributed by atoms with Crippen molar-refractivity contribution in [1.82, 2.24) is 4.98 Å². The van der Waals surface area contributed by atoms with E-state index in [1.165, 1.54) is 11.3 Å². The summed E-state index contributed by atoms with van der Waals surface area (Å²) in [5.74, 6) is -1.28. The number of thiophene rings is 1. The van der Waals surface area contributed by atoms with Gasteiger partial charge in [0.15, 0.2) is 5.69 Å². The van der Waals surface area contributed by atoms with Crippen LogP contribution in [0.4, 0.5) is 11.5 Å². The smallest absolute Gasteiger partial charge is 0.354 e. The van der Waals surface area contributed by atoms with Crippen LogP contribution in [0.15, 0.2) is 29.6 Å². The van der Waals surface area contributed by atoms with Crippen molar-refractivity contribution in [2.75, 3.05) is 5.32 Å². The van der Waals surface area contributed by atoms with Gasteiger partial charge >= 0.3 is 11.7 Å². The lowest BCUT2D eigenvalue weighted by Crippen LogP contribution is -2.11. The Morgan fingerprint density at radius 2 is 2.25 bits per heavy atom. The average molecular weight is 293 g/mol. The molecule has 20 heavy (non-hydrogen) atoms. The predicted molar refractivity (Wildman–Crippen MR) is 74.2 cm³/mol. The third-order valence-corrected chi connectivity index (χ3v) is 3.67. The van der Waals surface area contributed by atoms with Crippen molar-refractivity contribution in [3.05, 3.63) is 50.3 Å². The van der Waals surface area contributed by atoms with E-state index in [-0.39, 0.29) is 23.2 Å². The third kappa shape index (κ3) is 2.91. The molecule has 1 unspecified atom stereocenters. The van der Waals surface area contributed by atoms with Gasteiger partial charge in [0.25, 0.3) is 0 Å². The third-order valence-electron chi connectivity index (χ3n) is 2.61. The summed E-state index contributed by atoms with van der Waals surface area (Å²) >= 11 is 1.50. The highest BCUT2D eigenvalue weighted by Gasteiger charge is 2.20. The normalized spacial score (nSPS) is 11.8. The molecule has 104 valence electrons. The molecular weight excluding hydrogens is 282 g/mol. The Labute approximate surface area is 118 Å². The van der Waals surface area contributed by atoms with Crippen LogP contribution in [-0.4, -0.2) is 21.0 Å². The quantitative estimate of drug-likeness (QED) is 0.648. The lowest BCUT2D eigenvalue weighted by molar-refractivity contribution is -0.384. The first-order chi connectivity index (χ1) is 9.49. The fraction of sp³-hybridized carbons (Fsp3) is 0.167. The summed E-state index contributed by atoms with van der Waals surface area (Å²) in [5, 5.41) is 24.6. The highest BCUT2D eigenvalue weighted by atomic mass is 32.1. The van der Waals surface area contributed by atoms with E-state index >= 15 is 0 Å². The molecule has 1 atom stereocenters. The summed E-state index contributed by atoms with van der Waals surface area (Å²) in [4.78, 5) is 26.0. The van der Waals surface area contributed by atoms with E-state index < -0.39 is 10.9 Å². The van der Waals surface area contributed by atoms with Crippen molar-refractivity contribution in [2.45, 2.75) is 13.0 Å². The highest BCUT2D eigenvalue weighted by molar-refractivity contribution is 7.10. The minimum absolute atomic E-state index is 0.0456. The van der Waals surface area contributed by atoms with Crippen molar-refractivity contribution in [3.8, 4) is 0 Å². The Morgan fingerprint density at radius 3 is 2.80 bits per heavy atom. The fourth-order valence-electron chi connectivity index (χ4n) is 1.64. The summed E-state index contributed by atoms with van der Waals surface area (Å²) in [5.41, 5.74) is -0.491. The van der Waals surface area contributed by atoms with Gasteiger partial charge in [-0.2, -0.15) is 0 Å².